The van der Waals surface area contributed by atoms with Crippen LogP contribution in [0.1, 0.15) is 29.8 Å². The molecule has 4 nitrogen and oxygen atoms in total. The average molecular weight is 271 g/mol. The van der Waals surface area contributed by atoms with E-state index >= 15 is 0 Å². The number of hydrogen-bond donors (Lipinski definition) is 0. The zero-order valence-electron chi connectivity index (χ0n) is 11.6. The lowest BCUT2D eigenvalue weighted by Crippen LogP contribution is -2.06. The van der Waals surface area contributed by atoms with Gasteiger partial charge in [-0.2, -0.15) is 0 Å². The van der Waals surface area contributed by atoms with Gasteiger partial charge in [-0.05, 0) is 32.0 Å². The highest BCUT2D eigenvalue weighted by molar-refractivity contribution is 6.10. The van der Waals surface area contributed by atoms with Gasteiger partial charge in [-0.1, -0.05) is 12.1 Å². The molecule has 0 fully saturated rings. The van der Waals surface area contributed by atoms with Crippen LogP contribution in [0.3, 0.4) is 0 Å². The fraction of sp³-hybridized carbons (Fsp3) is 0.250. The molecule has 1 aromatic heterocycles. The van der Waals surface area contributed by atoms with Gasteiger partial charge in [0.2, 0.25) is 0 Å². The molecule has 0 aliphatic carbocycles. The van der Waals surface area contributed by atoms with Crippen LogP contribution in [0.15, 0.2) is 42.7 Å². The Balaban J connectivity index is 2.33. The summed E-state index contributed by atoms with van der Waals surface area (Å²) in [6.07, 6.45) is 3.13. The molecule has 0 saturated heterocycles. The van der Waals surface area contributed by atoms with Crippen molar-refractivity contribution >= 4 is 5.78 Å². The van der Waals surface area contributed by atoms with Crippen LogP contribution in [0, 0.1) is 0 Å². The van der Waals surface area contributed by atoms with E-state index in [1.54, 1.807) is 24.4 Å². The van der Waals surface area contributed by atoms with E-state index in [9.17, 15) is 4.79 Å². The van der Waals surface area contributed by atoms with E-state index < -0.39 is 0 Å². The first-order valence-corrected chi connectivity index (χ1v) is 6.60. The average Bonchev–Trinajstić information content (AvgIpc) is 2.48. The van der Waals surface area contributed by atoms with E-state index in [4.69, 9.17) is 9.47 Å². The predicted molar refractivity (Wildman–Crippen MR) is 76.4 cm³/mol. The highest BCUT2D eigenvalue weighted by Gasteiger charge is 2.15. The van der Waals surface area contributed by atoms with Gasteiger partial charge in [-0.25, -0.2) is 0 Å². The molecule has 0 bridgehead atoms. The molecule has 0 N–H and O–H groups in total. The largest absolute Gasteiger partial charge is 0.493 e. The number of carbonyl (C=O) groups is 1. The van der Waals surface area contributed by atoms with Crippen LogP contribution in [0.2, 0.25) is 0 Å². The molecule has 0 atom stereocenters. The summed E-state index contributed by atoms with van der Waals surface area (Å²) in [6.45, 7) is 4.83. The summed E-state index contributed by atoms with van der Waals surface area (Å²) in [5.41, 5.74) is 1.02. The van der Waals surface area contributed by atoms with Crippen molar-refractivity contribution in [3.05, 3.63) is 53.9 Å². The van der Waals surface area contributed by atoms with E-state index in [0.717, 1.165) is 0 Å². The number of ether oxygens (including phenoxy) is 2. The molecular weight excluding hydrogens is 254 g/mol. The quantitative estimate of drug-likeness (QED) is 0.757. The monoisotopic (exact) mass is 271 g/mol. The van der Waals surface area contributed by atoms with Crippen LogP contribution in [-0.2, 0) is 0 Å². The maximum absolute atomic E-state index is 12.5. The van der Waals surface area contributed by atoms with E-state index in [2.05, 4.69) is 4.98 Å². The fourth-order valence-corrected chi connectivity index (χ4v) is 1.88. The minimum Gasteiger partial charge on any atom is -0.493 e. The van der Waals surface area contributed by atoms with Crippen molar-refractivity contribution in [2.75, 3.05) is 13.2 Å². The molecular formula is C16H17NO3. The minimum absolute atomic E-state index is 0.122. The number of pyridine rings is 1. The van der Waals surface area contributed by atoms with Crippen molar-refractivity contribution in [3.63, 3.8) is 0 Å². The van der Waals surface area contributed by atoms with Crippen molar-refractivity contribution < 1.29 is 14.3 Å². The topological polar surface area (TPSA) is 48.4 Å². The summed E-state index contributed by atoms with van der Waals surface area (Å²) in [6, 6.07) is 8.89. The first-order chi connectivity index (χ1) is 9.76. The standard InChI is InChI=1S/C16H17NO3/c1-3-19-13-9-12(10-17-11-13)16(18)14-7-5-6-8-15(14)20-4-2/h5-11H,3-4H2,1-2H3. The summed E-state index contributed by atoms with van der Waals surface area (Å²) in [5, 5.41) is 0. The van der Waals surface area contributed by atoms with Crippen LogP contribution in [0.25, 0.3) is 0 Å². The van der Waals surface area contributed by atoms with E-state index in [1.807, 2.05) is 26.0 Å². The van der Waals surface area contributed by atoms with Crippen LogP contribution < -0.4 is 9.47 Å². The second-order valence-corrected chi connectivity index (χ2v) is 4.10. The lowest BCUT2D eigenvalue weighted by molar-refractivity contribution is 0.103. The first-order valence-electron chi connectivity index (χ1n) is 6.60. The summed E-state index contributed by atoms with van der Waals surface area (Å²) in [7, 11) is 0. The summed E-state index contributed by atoms with van der Waals surface area (Å²) in [4.78, 5) is 16.6. The van der Waals surface area contributed by atoms with Gasteiger partial charge in [-0.15, -0.1) is 0 Å². The summed E-state index contributed by atoms with van der Waals surface area (Å²) >= 11 is 0. The number of para-hydroxylation sites is 1. The second kappa shape index (κ2) is 6.70. The Morgan fingerprint density at radius 2 is 1.85 bits per heavy atom. The third-order valence-electron chi connectivity index (χ3n) is 2.72. The number of nitrogens with zero attached hydrogens (tertiary/aromatic N) is 1. The molecule has 1 aromatic carbocycles. The molecule has 1 heterocycles. The molecule has 0 radical (unpaired) electrons. The molecule has 0 unspecified atom stereocenters. The van der Waals surface area contributed by atoms with Gasteiger partial charge in [0.15, 0.2) is 5.78 Å². The maximum atomic E-state index is 12.5. The number of rotatable bonds is 6. The maximum Gasteiger partial charge on any atom is 0.198 e. The van der Waals surface area contributed by atoms with Crippen molar-refractivity contribution in [1.82, 2.24) is 4.98 Å². The third-order valence-corrected chi connectivity index (χ3v) is 2.72. The molecule has 0 aliphatic rings. The van der Waals surface area contributed by atoms with Gasteiger partial charge in [0.1, 0.15) is 11.5 Å². The summed E-state index contributed by atoms with van der Waals surface area (Å²) < 4.78 is 10.8. The third kappa shape index (κ3) is 3.15. The highest BCUT2D eigenvalue weighted by Crippen LogP contribution is 2.22. The van der Waals surface area contributed by atoms with Crippen LogP contribution in [0.4, 0.5) is 0 Å². The van der Waals surface area contributed by atoms with Crippen molar-refractivity contribution in [1.29, 1.82) is 0 Å². The van der Waals surface area contributed by atoms with Crippen LogP contribution in [0.5, 0.6) is 11.5 Å². The van der Waals surface area contributed by atoms with Gasteiger partial charge in [0, 0.05) is 11.8 Å². The van der Waals surface area contributed by atoms with Gasteiger partial charge in [-0.3, -0.25) is 9.78 Å². The van der Waals surface area contributed by atoms with E-state index in [0.29, 0.717) is 35.8 Å². The number of hydrogen-bond acceptors (Lipinski definition) is 4. The molecule has 2 aromatic rings. The minimum atomic E-state index is -0.122. The molecule has 0 aliphatic heterocycles. The normalized spacial score (nSPS) is 10.1. The van der Waals surface area contributed by atoms with Gasteiger partial charge < -0.3 is 9.47 Å². The second-order valence-electron chi connectivity index (χ2n) is 4.10. The first kappa shape index (κ1) is 14.1. The number of carbonyl (C=O) groups excluding carboxylic acids is 1. The Bertz CT molecular complexity index is 596. The molecule has 4 heteroatoms. The molecule has 0 amide bonds. The zero-order valence-corrected chi connectivity index (χ0v) is 11.6. The lowest BCUT2D eigenvalue weighted by Gasteiger charge is -2.09. The Morgan fingerprint density at radius 1 is 1.10 bits per heavy atom. The molecule has 0 saturated carbocycles. The van der Waals surface area contributed by atoms with Crippen molar-refractivity contribution in [2.45, 2.75) is 13.8 Å². The number of ketones is 1. The SMILES string of the molecule is CCOc1cncc(C(=O)c2ccccc2OCC)c1. The molecule has 0 spiro atoms. The van der Waals surface area contributed by atoms with Crippen molar-refractivity contribution in [3.8, 4) is 11.5 Å². The number of benzene rings is 1. The molecule has 20 heavy (non-hydrogen) atoms. The van der Waals surface area contributed by atoms with Gasteiger partial charge in [0.05, 0.1) is 25.0 Å². The Labute approximate surface area is 118 Å². The van der Waals surface area contributed by atoms with Crippen LogP contribution in [-0.4, -0.2) is 24.0 Å². The Kier molecular flexibility index (Phi) is 4.71. The Hall–Kier alpha value is -2.36. The molecule has 104 valence electrons. The Morgan fingerprint density at radius 3 is 2.60 bits per heavy atom. The highest BCUT2D eigenvalue weighted by atomic mass is 16.5. The number of aromatic nitrogens is 1. The van der Waals surface area contributed by atoms with Crippen LogP contribution >= 0.6 is 0 Å². The van der Waals surface area contributed by atoms with Gasteiger partial charge >= 0.3 is 0 Å². The zero-order chi connectivity index (χ0) is 14.4. The molecule has 2 rings (SSSR count). The summed E-state index contributed by atoms with van der Waals surface area (Å²) in [5.74, 6) is 1.05. The lowest BCUT2D eigenvalue weighted by atomic mass is 10.0. The van der Waals surface area contributed by atoms with E-state index in [-0.39, 0.29) is 5.78 Å². The van der Waals surface area contributed by atoms with E-state index in [1.165, 1.54) is 6.20 Å². The van der Waals surface area contributed by atoms with Gasteiger partial charge in [0.25, 0.3) is 0 Å². The van der Waals surface area contributed by atoms with Crippen molar-refractivity contribution in [2.24, 2.45) is 0 Å². The predicted octanol–water partition coefficient (Wildman–Crippen LogP) is 3.11. The smallest absolute Gasteiger partial charge is 0.198 e. The fourth-order valence-electron chi connectivity index (χ4n) is 1.88.